The van der Waals surface area contributed by atoms with E-state index in [9.17, 15) is 18.0 Å². The zero-order chi connectivity index (χ0) is 14.9. The first-order valence-electron chi connectivity index (χ1n) is 6.38. The maximum atomic E-state index is 13.0. The molecule has 0 bridgehead atoms. The van der Waals surface area contributed by atoms with Crippen LogP contribution in [0.1, 0.15) is 19.4 Å². The maximum Gasteiger partial charge on any atom is 0.427 e. The Hall–Kier alpha value is -1.72. The van der Waals surface area contributed by atoms with E-state index >= 15 is 0 Å². The zero-order valence-corrected chi connectivity index (χ0v) is 11.2. The molecule has 1 heterocycles. The lowest BCUT2D eigenvalue weighted by Gasteiger charge is -2.28. The number of alkyl halides is 3. The van der Waals surface area contributed by atoms with Gasteiger partial charge >= 0.3 is 12.3 Å². The highest BCUT2D eigenvalue weighted by Crippen LogP contribution is 2.36. The Morgan fingerprint density at radius 2 is 1.85 bits per heavy atom. The number of carbonyl (C=O) groups is 1. The molecule has 1 aliphatic heterocycles. The Bertz CT molecular complexity index is 473. The molecule has 1 unspecified atom stereocenters. The molecule has 1 aliphatic rings. The van der Waals surface area contributed by atoms with E-state index in [1.165, 1.54) is 0 Å². The lowest BCUT2D eigenvalue weighted by atomic mass is 9.97. The van der Waals surface area contributed by atoms with E-state index in [-0.39, 0.29) is 12.5 Å². The number of rotatable bonds is 3. The van der Waals surface area contributed by atoms with Gasteiger partial charge in [-0.3, -0.25) is 4.90 Å². The molecule has 2 rings (SSSR count). The first kappa shape index (κ1) is 14.7. The van der Waals surface area contributed by atoms with Gasteiger partial charge in [0.05, 0.1) is 6.04 Å². The third-order valence-corrected chi connectivity index (χ3v) is 3.33. The van der Waals surface area contributed by atoms with Crippen LogP contribution in [0.3, 0.4) is 0 Å². The van der Waals surface area contributed by atoms with Crippen molar-refractivity contribution in [2.45, 2.75) is 38.7 Å². The van der Waals surface area contributed by atoms with E-state index in [0.717, 1.165) is 10.5 Å². The van der Waals surface area contributed by atoms with Crippen LogP contribution in [0.25, 0.3) is 0 Å². The first-order chi connectivity index (χ1) is 9.30. The molecule has 0 aliphatic carbocycles. The Balaban J connectivity index is 2.25. The Morgan fingerprint density at radius 3 is 2.35 bits per heavy atom. The molecule has 3 nitrogen and oxygen atoms in total. The average Bonchev–Trinajstić information content (AvgIpc) is 2.68. The first-order valence-corrected chi connectivity index (χ1v) is 6.38. The minimum Gasteiger partial charge on any atom is -0.434 e. The number of nitrogens with zero attached hydrogens (tertiary/aromatic N) is 1. The van der Waals surface area contributed by atoms with Crippen LogP contribution in [0.5, 0.6) is 0 Å². The number of benzene rings is 1. The summed E-state index contributed by atoms with van der Waals surface area (Å²) in [6.45, 7) is 3.43. The Morgan fingerprint density at radius 1 is 1.25 bits per heavy atom. The van der Waals surface area contributed by atoms with E-state index in [4.69, 9.17) is 0 Å². The second-order valence-corrected chi connectivity index (χ2v) is 5.19. The molecule has 6 heteroatoms. The normalized spacial score (nSPS) is 23.3. The molecule has 1 saturated heterocycles. The zero-order valence-electron chi connectivity index (χ0n) is 11.2. The molecule has 0 radical (unpaired) electrons. The van der Waals surface area contributed by atoms with Gasteiger partial charge in [0, 0.05) is 6.54 Å². The molecule has 0 N–H and O–H groups in total. The van der Waals surface area contributed by atoms with Crippen LogP contribution < -0.4 is 0 Å². The summed E-state index contributed by atoms with van der Waals surface area (Å²) in [6.07, 6.45) is -7.51. The topological polar surface area (TPSA) is 29.5 Å². The van der Waals surface area contributed by atoms with Gasteiger partial charge in [-0.2, -0.15) is 13.2 Å². The summed E-state index contributed by atoms with van der Waals surface area (Å²) >= 11 is 0. The van der Waals surface area contributed by atoms with Gasteiger partial charge in [-0.25, -0.2) is 4.79 Å². The van der Waals surface area contributed by atoms with Crippen molar-refractivity contribution < 1.29 is 22.7 Å². The van der Waals surface area contributed by atoms with Crippen molar-refractivity contribution in [1.29, 1.82) is 0 Å². The number of cyclic esters (lactones) is 1. The van der Waals surface area contributed by atoms with E-state index in [1.807, 2.05) is 6.07 Å². The van der Waals surface area contributed by atoms with Crippen LogP contribution in [0.2, 0.25) is 0 Å². The van der Waals surface area contributed by atoms with E-state index in [0.29, 0.717) is 0 Å². The third-order valence-electron chi connectivity index (χ3n) is 3.33. The van der Waals surface area contributed by atoms with Crippen molar-refractivity contribution in [2.24, 2.45) is 5.92 Å². The minimum atomic E-state index is -4.55. The number of ether oxygens (including phenoxy) is 1. The summed E-state index contributed by atoms with van der Waals surface area (Å²) in [5.41, 5.74) is 0.776. The van der Waals surface area contributed by atoms with Crippen molar-refractivity contribution in [2.75, 3.05) is 0 Å². The van der Waals surface area contributed by atoms with E-state index in [2.05, 4.69) is 4.74 Å². The molecule has 1 aromatic carbocycles. The van der Waals surface area contributed by atoms with Crippen LogP contribution in [0.4, 0.5) is 18.0 Å². The quantitative estimate of drug-likeness (QED) is 0.850. The molecule has 1 aromatic rings. The van der Waals surface area contributed by atoms with Gasteiger partial charge in [-0.15, -0.1) is 0 Å². The van der Waals surface area contributed by atoms with Crippen molar-refractivity contribution in [3.63, 3.8) is 0 Å². The smallest absolute Gasteiger partial charge is 0.427 e. The maximum absolute atomic E-state index is 13.0. The molecule has 0 aromatic heterocycles. The van der Waals surface area contributed by atoms with E-state index < -0.39 is 24.4 Å². The van der Waals surface area contributed by atoms with Gasteiger partial charge in [-0.05, 0) is 11.5 Å². The molecule has 110 valence electrons. The third kappa shape index (κ3) is 2.89. The molecule has 0 saturated carbocycles. The summed E-state index contributed by atoms with van der Waals surface area (Å²) in [5.74, 6) is -0.350. The predicted octanol–water partition coefficient (Wildman–Crippen LogP) is 3.59. The van der Waals surface area contributed by atoms with Crippen molar-refractivity contribution >= 4 is 6.09 Å². The van der Waals surface area contributed by atoms with Gasteiger partial charge in [0.2, 0.25) is 6.10 Å². The molecule has 2 atom stereocenters. The highest BCUT2D eigenvalue weighted by atomic mass is 19.4. The summed E-state index contributed by atoms with van der Waals surface area (Å²) < 4.78 is 43.4. The monoisotopic (exact) mass is 287 g/mol. The van der Waals surface area contributed by atoms with Gasteiger partial charge in [-0.1, -0.05) is 44.2 Å². The molecular weight excluding hydrogens is 271 g/mol. The van der Waals surface area contributed by atoms with Gasteiger partial charge < -0.3 is 4.74 Å². The van der Waals surface area contributed by atoms with Crippen LogP contribution in [0.15, 0.2) is 30.3 Å². The highest BCUT2D eigenvalue weighted by Gasteiger charge is 2.56. The fourth-order valence-corrected chi connectivity index (χ4v) is 2.45. The predicted molar refractivity (Wildman–Crippen MR) is 66.9 cm³/mol. The molecule has 0 spiro atoms. The molecular formula is C14H16F3NO2. The lowest BCUT2D eigenvalue weighted by Crippen LogP contribution is -2.46. The summed E-state index contributed by atoms with van der Waals surface area (Å²) in [6, 6.07) is 7.91. The SMILES string of the molecule is CC(C)[C@H]1C(C(F)(F)F)OC(=O)N1Cc1ccccc1. The molecule has 20 heavy (non-hydrogen) atoms. The van der Waals surface area contributed by atoms with Gasteiger partial charge in [0.1, 0.15) is 0 Å². The number of amides is 1. The number of halogens is 3. The second-order valence-electron chi connectivity index (χ2n) is 5.19. The number of hydrogen-bond donors (Lipinski definition) is 0. The molecule has 1 fully saturated rings. The highest BCUT2D eigenvalue weighted by molar-refractivity contribution is 5.71. The number of carbonyl (C=O) groups excluding carboxylic acids is 1. The van der Waals surface area contributed by atoms with Crippen LogP contribution >= 0.6 is 0 Å². The van der Waals surface area contributed by atoms with E-state index in [1.54, 1.807) is 38.1 Å². The van der Waals surface area contributed by atoms with Crippen molar-refractivity contribution in [1.82, 2.24) is 4.90 Å². The van der Waals surface area contributed by atoms with Crippen LogP contribution in [0, 0.1) is 5.92 Å². The fraction of sp³-hybridized carbons (Fsp3) is 0.500. The second kappa shape index (κ2) is 5.34. The Labute approximate surface area is 115 Å². The van der Waals surface area contributed by atoms with Crippen LogP contribution in [-0.2, 0) is 11.3 Å². The van der Waals surface area contributed by atoms with Gasteiger partial charge in [0.15, 0.2) is 0 Å². The van der Waals surface area contributed by atoms with Crippen molar-refractivity contribution in [3.8, 4) is 0 Å². The van der Waals surface area contributed by atoms with Gasteiger partial charge in [0.25, 0.3) is 0 Å². The Kier molecular flexibility index (Phi) is 3.92. The summed E-state index contributed by atoms with van der Waals surface area (Å²) in [7, 11) is 0. The largest absolute Gasteiger partial charge is 0.434 e. The summed E-state index contributed by atoms with van der Waals surface area (Å²) in [4.78, 5) is 12.9. The van der Waals surface area contributed by atoms with Crippen molar-refractivity contribution in [3.05, 3.63) is 35.9 Å². The van der Waals surface area contributed by atoms with Crippen LogP contribution in [-0.4, -0.2) is 29.3 Å². The summed E-state index contributed by atoms with van der Waals surface area (Å²) in [5, 5.41) is 0. The minimum absolute atomic E-state index is 0.120. The fourth-order valence-electron chi connectivity index (χ4n) is 2.45. The molecule has 1 amide bonds. The average molecular weight is 287 g/mol. The lowest BCUT2D eigenvalue weighted by molar-refractivity contribution is -0.204. The standard InChI is InChI=1S/C14H16F3NO2/c1-9(2)11-12(14(15,16)17)20-13(19)18(11)8-10-6-4-3-5-7-10/h3-7,9,11-12H,8H2,1-2H3/t11-,12?/m0/s1. The number of hydrogen-bond acceptors (Lipinski definition) is 2.